The summed E-state index contributed by atoms with van der Waals surface area (Å²) in [5.41, 5.74) is 3.05. The van der Waals surface area contributed by atoms with Gasteiger partial charge >= 0.3 is 0 Å². The number of para-hydroxylation sites is 2. The average Bonchev–Trinajstić information content (AvgIpc) is 3.22. The zero-order valence-corrected chi connectivity index (χ0v) is 18.6. The van der Waals surface area contributed by atoms with Gasteiger partial charge in [-0.15, -0.1) is 0 Å². The zero-order valence-electron chi connectivity index (χ0n) is 18.6. The highest BCUT2D eigenvalue weighted by Gasteiger charge is 2.13. The molecular weight excluding hydrogens is 394 g/mol. The number of aromatic amines is 1. The third-order valence-electron chi connectivity index (χ3n) is 4.81. The minimum Gasteiger partial charge on any atom is -0.493 e. The van der Waals surface area contributed by atoms with Crippen molar-refractivity contribution >= 4 is 17.0 Å². The highest BCUT2D eigenvalue weighted by Crippen LogP contribution is 2.38. The summed E-state index contributed by atoms with van der Waals surface area (Å²) in [6, 6.07) is 11.9. The Balaban J connectivity index is 1.58. The Kier molecular flexibility index (Phi) is 7.98. The SMILES string of the molecule is CCNC(=NCc1cc(OC)c(OC)c(OC)c1)NCCCc1nc2ccccc2[nH]1. The lowest BCUT2D eigenvalue weighted by Crippen LogP contribution is -2.37. The van der Waals surface area contributed by atoms with Crippen molar-refractivity contribution in [2.45, 2.75) is 26.3 Å². The van der Waals surface area contributed by atoms with E-state index in [1.165, 1.54) is 0 Å². The smallest absolute Gasteiger partial charge is 0.203 e. The maximum Gasteiger partial charge on any atom is 0.203 e. The van der Waals surface area contributed by atoms with Gasteiger partial charge < -0.3 is 29.8 Å². The standard InChI is InChI=1S/C23H31N5O3/c1-5-24-23(25-12-8-11-21-27-17-9-6-7-10-18(17)28-21)26-15-16-13-19(29-2)22(31-4)20(14-16)30-3/h6-7,9-10,13-14H,5,8,11-12,15H2,1-4H3,(H,27,28)(H2,24,25,26). The van der Waals surface area contributed by atoms with Crippen molar-refractivity contribution in [3.63, 3.8) is 0 Å². The molecule has 8 nitrogen and oxygen atoms in total. The number of aromatic nitrogens is 2. The number of rotatable bonds is 10. The first-order chi connectivity index (χ1) is 15.2. The molecule has 0 aliphatic heterocycles. The molecule has 0 spiro atoms. The first kappa shape index (κ1) is 22.3. The van der Waals surface area contributed by atoms with Crippen molar-refractivity contribution < 1.29 is 14.2 Å². The van der Waals surface area contributed by atoms with E-state index in [1.54, 1.807) is 21.3 Å². The molecule has 31 heavy (non-hydrogen) atoms. The van der Waals surface area contributed by atoms with E-state index < -0.39 is 0 Å². The highest BCUT2D eigenvalue weighted by atomic mass is 16.5. The Morgan fingerprint density at radius 2 is 1.77 bits per heavy atom. The summed E-state index contributed by atoms with van der Waals surface area (Å²) in [7, 11) is 4.81. The van der Waals surface area contributed by atoms with Crippen LogP contribution in [0.4, 0.5) is 0 Å². The van der Waals surface area contributed by atoms with Crippen molar-refractivity contribution in [1.29, 1.82) is 0 Å². The number of methoxy groups -OCH3 is 3. The van der Waals surface area contributed by atoms with Gasteiger partial charge in [-0.3, -0.25) is 0 Å². The molecule has 0 atom stereocenters. The normalized spacial score (nSPS) is 11.4. The molecule has 3 N–H and O–H groups in total. The number of hydrogen-bond donors (Lipinski definition) is 3. The second-order valence-corrected chi connectivity index (χ2v) is 6.96. The maximum atomic E-state index is 5.42. The molecule has 8 heteroatoms. The Morgan fingerprint density at radius 1 is 1.03 bits per heavy atom. The molecule has 3 rings (SSSR count). The van der Waals surface area contributed by atoms with Crippen LogP contribution in [0.3, 0.4) is 0 Å². The van der Waals surface area contributed by atoms with E-state index in [-0.39, 0.29) is 0 Å². The minimum absolute atomic E-state index is 0.482. The molecule has 1 heterocycles. The summed E-state index contributed by atoms with van der Waals surface area (Å²) >= 11 is 0. The molecule has 0 saturated carbocycles. The van der Waals surface area contributed by atoms with Crippen molar-refractivity contribution in [1.82, 2.24) is 20.6 Å². The fourth-order valence-corrected chi connectivity index (χ4v) is 3.33. The van der Waals surface area contributed by atoms with E-state index in [0.717, 1.165) is 54.3 Å². The molecule has 0 fully saturated rings. The summed E-state index contributed by atoms with van der Waals surface area (Å²) in [6.07, 6.45) is 1.81. The Labute approximate surface area is 183 Å². The Hall–Kier alpha value is -3.42. The van der Waals surface area contributed by atoms with Gasteiger partial charge in [0.2, 0.25) is 5.75 Å². The van der Waals surface area contributed by atoms with Crippen LogP contribution >= 0.6 is 0 Å². The van der Waals surface area contributed by atoms with Crippen molar-refractivity contribution in [2.75, 3.05) is 34.4 Å². The summed E-state index contributed by atoms with van der Waals surface area (Å²) in [4.78, 5) is 12.7. The predicted molar refractivity (Wildman–Crippen MR) is 123 cm³/mol. The van der Waals surface area contributed by atoms with E-state index in [2.05, 4.69) is 25.6 Å². The number of imidazole rings is 1. The predicted octanol–water partition coefficient (Wildman–Crippen LogP) is 3.28. The van der Waals surface area contributed by atoms with E-state index in [1.807, 2.05) is 43.3 Å². The molecule has 2 aromatic carbocycles. The maximum absolute atomic E-state index is 5.42. The number of nitrogens with one attached hydrogen (secondary N) is 3. The van der Waals surface area contributed by atoms with E-state index in [0.29, 0.717) is 23.8 Å². The zero-order chi connectivity index (χ0) is 22.1. The number of nitrogens with zero attached hydrogens (tertiary/aromatic N) is 2. The fraction of sp³-hybridized carbons (Fsp3) is 0.391. The molecule has 0 aliphatic carbocycles. The average molecular weight is 426 g/mol. The van der Waals surface area contributed by atoms with Gasteiger partial charge in [0.05, 0.1) is 38.9 Å². The molecule has 0 amide bonds. The van der Waals surface area contributed by atoms with Crippen molar-refractivity contribution in [3.05, 3.63) is 47.8 Å². The van der Waals surface area contributed by atoms with Crippen LogP contribution in [0.15, 0.2) is 41.4 Å². The van der Waals surface area contributed by atoms with Gasteiger partial charge in [-0.05, 0) is 43.2 Å². The lowest BCUT2D eigenvalue weighted by molar-refractivity contribution is 0.324. The van der Waals surface area contributed by atoms with Gasteiger partial charge in [0.1, 0.15) is 5.82 Å². The number of aryl methyl sites for hydroxylation is 1. The van der Waals surface area contributed by atoms with Crippen molar-refractivity contribution in [2.24, 2.45) is 4.99 Å². The van der Waals surface area contributed by atoms with Crippen LogP contribution in [0.25, 0.3) is 11.0 Å². The third kappa shape index (κ3) is 5.81. The fourth-order valence-electron chi connectivity index (χ4n) is 3.33. The van der Waals surface area contributed by atoms with E-state index in [9.17, 15) is 0 Å². The van der Waals surface area contributed by atoms with Crippen LogP contribution < -0.4 is 24.8 Å². The molecule has 1 aromatic heterocycles. The number of H-pyrrole nitrogens is 1. The number of aliphatic imine (C=N–C) groups is 1. The van der Waals surface area contributed by atoms with Crippen LogP contribution in [-0.2, 0) is 13.0 Å². The van der Waals surface area contributed by atoms with Crippen LogP contribution in [0, 0.1) is 0 Å². The monoisotopic (exact) mass is 425 g/mol. The Bertz CT molecular complexity index is 957. The first-order valence-electron chi connectivity index (χ1n) is 10.4. The van der Waals surface area contributed by atoms with Gasteiger partial charge in [0.15, 0.2) is 17.5 Å². The summed E-state index contributed by atoms with van der Waals surface area (Å²) in [6.45, 7) is 4.10. The lowest BCUT2D eigenvalue weighted by Gasteiger charge is -2.14. The third-order valence-corrected chi connectivity index (χ3v) is 4.81. The lowest BCUT2D eigenvalue weighted by atomic mass is 10.2. The Morgan fingerprint density at radius 3 is 2.42 bits per heavy atom. The second-order valence-electron chi connectivity index (χ2n) is 6.96. The highest BCUT2D eigenvalue weighted by molar-refractivity contribution is 5.79. The van der Waals surface area contributed by atoms with Crippen LogP contribution in [0.5, 0.6) is 17.2 Å². The number of hydrogen-bond acceptors (Lipinski definition) is 5. The van der Waals surface area contributed by atoms with Gasteiger partial charge in [-0.1, -0.05) is 12.1 Å². The molecule has 166 valence electrons. The number of benzene rings is 2. The first-order valence-corrected chi connectivity index (χ1v) is 10.4. The molecule has 3 aromatic rings. The number of guanidine groups is 1. The van der Waals surface area contributed by atoms with Gasteiger partial charge in [0, 0.05) is 19.5 Å². The molecule has 0 radical (unpaired) electrons. The number of fused-ring (bicyclic) bond motifs is 1. The van der Waals surface area contributed by atoms with Gasteiger partial charge in [-0.25, -0.2) is 9.98 Å². The minimum atomic E-state index is 0.482. The second kappa shape index (κ2) is 11.1. The quantitative estimate of drug-likeness (QED) is 0.262. The van der Waals surface area contributed by atoms with Crippen molar-refractivity contribution in [3.8, 4) is 17.2 Å². The van der Waals surface area contributed by atoms with E-state index >= 15 is 0 Å². The molecule has 0 unspecified atom stereocenters. The van der Waals surface area contributed by atoms with E-state index in [4.69, 9.17) is 14.2 Å². The number of ether oxygens (including phenoxy) is 3. The van der Waals surface area contributed by atoms with Gasteiger partial charge in [0.25, 0.3) is 0 Å². The summed E-state index contributed by atoms with van der Waals surface area (Å²) in [5.74, 6) is 3.59. The molecule has 0 aliphatic rings. The van der Waals surface area contributed by atoms with Gasteiger partial charge in [-0.2, -0.15) is 0 Å². The molecule has 0 saturated heterocycles. The molecule has 0 bridgehead atoms. The summed E-state index contributed by atoms with van der Waals surface area (Å²) in [5, 5.41) is 6.67. The largest absolute Gasteiger partial charge is 0.493 e. The van der Waals surface area contributed by atoms with Crippen LogP contribution in [-0.4, -0.2) is 50.3 Å². The van der Waals surface area contributed by atoms with Crippen LogP contribution in [0.2, 0.25) is 0 Å². The summed E-state index contributed by atoms with van der Waals surface area (Å²) < 4.78 is 16.2. The topological polar surface area (TPSA) is 92.8 Å². The molecular formula is C23H31N5O3. The van der Waals surface area contributed by atoms with Crippen LogP contribution in [0.1, 0.15) is 24.7 Å².